The van der Waals surface area contributed by atoms with E-state index in [-0.39, 0.29) is 29.2 Å². The number of Topliss-reactive ketones (excluding diaryl/α,β-unsaturated/α-hetero) is 3. The summed E-state index contributed by atoms with van der Waals surface area (Å²) in [6, 6.07) is 8.91. The van der Waals surface area contributed by atoms with E-state index in [1.54, 1.807) is 24.3 Å². The van der Waals surface area contributed by atoms with Crippen LogP contribution in [0.15, 0.2) is 65.3 Å². The molecule has 7 atom stereocenters. The molecule has 1 aromatic rings. The van der Waals surface area contributed by atoms with E-state index in [2.05, 4.69) is 39.0 Å². The Morgan fingerprint density at radius 1 is 0.909 bits per heavy atom. The highest BCUT2D eigenvalue weighted by Gasteiger charge is 2.86. The smallest absolute Gasteiger partial charge is 0.184 e. The number of rotatable bonds is 9. The third-order valence-corrected chi connectivity index (χ3v) is 12.1. The molecule has 0 amide bonds. The van der Waals surface area contributed by atoms with Crippen molar-refractivity contribution in [2.45, 2.75) is 113 Å². The van der Waals surface area contributed by atoms with Gasteiger partial charge in [-0.2, -0.15) is 0 Å². The van der Waals surface area contributed by atoms with Crippen LogP contribution in [-0.4, -0.2) is 34.3 Å². The van der Waals surface area contributed by atoms with Crippen LogP contribution in [0.2, 0.25) is 0 Å². The van der Waals surface area contributed by atoms with Crippen LogP contribution in [0.25, 0.3) is 0 Å². The summed E-state index contributed by atoms with van der Waals surface area (Å²) in [5.74, 6) is -2.08. The Kier molecular flexibility index (Phi) is 8.20. The highest BCUT2D eigenvalue weighted by molar-refractivity contribution is 6.33. The van der Waals surface area contributed by atoms with Gasteiger partial charge in [0.15, 0.2) is 29.1 Å². The van der Waals surface area contributed by atoms with Crippen LogP contribution in [0, 0.1) is 39.4 Å². The number of aliphatic hydroxyl groups is 1. The fourth-order valence-corrected chi connectivity index (χ4v) is 9.94. The molecule has 3 unspecified atom stereocenters. The summed E-state index contributed by atoms with van der Waals surface area (Å²) >= 11 is 0. The monoisotopic (exact) mass is 600 g/mol. The minimum absolute atomic E-state index is 0.0899. The van der Waals surface area contributed by atoms with Crippen molar-refractivity contribution in [3.05, 3.63) is 70.8 Å². The van der Waals surface area contributed by atoms with Crippen LogP contribution in [0.5, 0.6) is 0 Å². The van der Waals surface area contributed by atoms with Crippen LogP contribution in [0.4, 0.5) is 0 Å². The SMILES string of the molecule is CC(C)=CCC/C(C)=C/CC12CC3C[C@H]4C(C)(C)O[C@@H](O)[C@@H]1C4(CC=C(C)C)C(=O)[C@@](C(=O)c1ccccc1)(C2=O)C3(C)C. The fourth-order valence-electron chi connectivity index (χ4n) is 9.94. The maximum absolute atomic E-state index is 15.8. The van der Waals surface area contributed by atoms with Crippen LogP contribution in [0.3, 0.4) is 0 Å². The maximum Gasteiger partial charge on any atom is 0.184 e. The standard InChI is InChI=1S/C39H52O5/c1-24(2)14-13-15-26(5)19-20-37-23-28-22-29-36(8,9)44-32(41)30(37)38(29,21-18-25(3)4)34(43)39(33(37)42,35(28,6)7)31(40)27-16-11-10-12-17-27/h10-12,14,16-19,28-30,32,41H,13,15,20-23H2,1-9H3/b26-19+/t28?,29-,30-,32+,37?,38?,39+/m0/s1. The second-order valence-corrected chi connectivity index (χ2v) is 15.9. The lowest BCUT2D eigenvalue weighted by molar-refractivity contribution is -0.310. The highest BCUT2D eigenvalue weighted by Crippen LogP contribution is 2.78. The van der Waals surface area contributed by atoms with Gasteiger partial charge in [0.25, 0.3) is 0 Å². The third-order valence-electron chi connectivity index (χ3n) is 12.1. The fraction of sp³-hybridized carbons (Fsp3) is 0.615. The molecule has 5 heteroatoms. The first-order valence-corrected chi connectivity index (χ1v) is 16.5. The summed E-state index contributed by atoms with van der Waals surface area (Å²) in [4.78, 5) is 46.4. The molecule has 6 rings (SSSR count). The van der Waals surface area contributed by atoms with Gasteiger partial charge < -0.3 is 9.84 Å². The summed E-state index contributed by atoms with van der Waals surface area (Å²) in [5, 5.41) is 12.0. The summed E-state index contributed by atoms with van der Waals surface area (Å²) in [6.07, 6.45) is 8.86. The van der Waals surface area contributed by atoms with Crippen molar-refractivity contribution in [2.24, 2.45) is 39.4 Å². The van der Waals surface area contributed by atoms with E-state index in [1.807, 2.05) is 47.6 Å². The second kappa shape index (κ2) is 11.0. The first-order valence-electron chi connectivity index (χ1n) is 16.5. The van der Waals surface area contributed by atoms with Gasteiger partial charge in [-0.15, -0.1) is 0 Å². The van der Waals surface area contributed by atoms with Crippen molar-refractivity contribution in [3.63, 3.8) is 0 Å². The molecular formula is C39H52O5. The van der Waals surface area contributed by atoms with Gasteiger partial charge in [-0.1, -0.05) is 79.1 Å². The first kappa shape index (κ1) is 32.8. The summed E-state index contributed by atoms with van der Waals surface area (Å²) in [7, 11) is 0. The highest BCUT2D eigenvalue weighted by atomic mass is 16.6. The van der Waals surface area contributed by atoms with Gasteiger partial charge in [0.05, 0.1) is 5.60 Å². The number of hydrogen-bond acceptors (Lipinski definition) is 5. The molecule has 1 aliphatic heterocycles. The van der Waals surface area contributed by atoms with Crippen molar-refractivity contribution in [1.29, 1.82) is 0 Å². The first-order chi connectivity index (χ1) is 20.5. The molecule has 1 saturated heterocycles. The molecule has 4 saturated carbocycles. The Morgan fingerprint density at radius 2 is 1.55 bits per heavy atom. The maximum atomic E-state index is 15.8. The van der Waals surface area contributed by atoms with Crippen LogP contribution >= 0.6 is 0 Å². The van der Waals surface area contributed by atoms with Gasteiger partial charge in [-0.25, -0.2) is 0 Å². The molecular weight excluding hydrogens is 548 g/mol. The molecule has 1 heterocycles. The molecule has 0 aromatic heterocycles. The minimum atomic E-state index is -1.85. The van der Waals surface area contributed by atoms with Gasteiger partial charge in [0, 0.05) is 28.2 Å². The average Bonchev–Trinajstić information content (AvgIpc) is 3.07. The molecule has 0 spiro atoms. The Morgan fingerprint density at radius 3 is 2.16 bits per heavy atom. The van der Waals surface area contributed by atoms with E-state index in [1.165, 1.54) is 11.1 Å². The van der Waals surface area contributed by atoms with Gasteiger partial charge in [0.2, 0.25) is 0 Å². The number of allylic oxidation sites excluding steroid dienone is 6. The lowest BCUT2D eigenvalue weighted by atomic mass is 9.33. The lowest BCUT2D eigenvalue weighted by Gasteiger charge is -2.67. The van der Waals surface area contributed by atoms with Gasteiger partial charge in [-0.05, 0) is 98.3 Å². The van der Waals surface area contributed by atoms with Crippen molar-refractivity contribution < 1.29 is 24.2 Å². The lowest BCUT2D eigenvalue weighted by Crippen LogP contribution is -2.78. The van der Waals surface area contributed by atoms with Crippen LogP contribution in [0.1, 0.15) is 111 Å². The van der Waals surface area contributed by atoms with Crippen molar-refractivity contribution in [3.8, 4) is 0 Å². The zero-order valence-electron chi connectivity index (χ0n) is 28.3. The van der Waals surface area contributed by atoms with E-state index >= 15 is 14.4 Å². The quantitative estimate of drug-likeness (QED) is 0.175. The number of benzene rings is 1. The summed E-state index contributed by atoms with van der Waals surface area (Å²) in [5.41, 5.74) is -1.95. The van der Waals surface area contributed by atoms with E-state index in [0.29, 0.717) is 31.2 Å². The number of ether oxygens (including phenoxy) is 1. The number of aliphatic hydroxyl groups excluding tert-OH is 1. The zero-order valence-corrected chi connectivity index (χ0v) is 28.3. The zero-order chi connectivity index (χ0) is 32.5. The number of hydrogen-bond donors (Lipinski definition) is 1. The van der Waals surface area contributed by atoms with Gasteiger partial charge in [0.1, 0.15) is 0 Å². The molecule has 238 valence electrons. The molecule has 5 fully saturated rings. The van der Waals surface area contributed by atoms with Crippen molar-refractivity contribution in [2.75, 3.05) is 0 Å². The molecule has 5 aliphatic rings. The van der Waals surface area contributed by atoms with Gasteiger partial charge in [-0.3, -0.25) is 14.4 Å². The Hall–Kier alpha value is -2.63. The number of carbonyl (C=O) groups excluding carboxylic acids is 3. The van der Waals surface area contributed by atoms with E-state index in [4.69, 9.17) is 4.74 Å². The molecule has 1 aromatic carbocycles. The average molecular weight is 601 g/mol. The number of ketones is 3. The van der Waals surface area contributed by atoms with E-state index < -0.39 is 39.5 Å². The third kappa shape index (κ3) is 4.43. The van der Waals surface area contributed by atoms with Crippen LogP contribution < -0.4 is 0 Å². The summed E-state index contributed by atoms with van der Waals surface area (Å²) in [6.45, 7) is 18.2. The minimum Gasteiger partial charge on any atom is -0.368 e. The molecule has 5 nitrogen and oxygen atoms in total. The molecule has 4 aliphatic carbocycles. The molecule has 6 bridgehead atoms. The molecule has 1 N–H and O–H groups in total. The van der Waals surface area contributed by atoms with E-state index in [0.717, 1.165) is 18.4 Å². The molecule has 0 radical (unpaired) electrons. The predicted octanol–water partition coefficient (Wildman–Crippen LogP) is 8.23. The van der Waals surface area contributed by atoms with Crippen molar-refractivity contribution in [1.82, 2.24) is 0 Å². The molecule has 44 heavy (non-hydrogen) atoms. The Balaban J connectivity index is 1.83. The Labute approximate surface area is 264 Å². The van der Waals surface area contributed by atoms with Gasteiger partial charge >= 0.3 is 0 Å². The van der Waals surface area contributed by atoms with Crippen molar-refractivity contribution >= 4 is 17.3 Å². The van der Waals surface area contributed by atoms with E-state index in [9.17, 15) is 5.11 Å². The van der Waals surface area contributed by atoms with Crippen LogP contribution in [-0.2, 0) is 14.3 Å². The number of carbonyl (C=O) groups is 3. The Bertz CT molecular complexity index is 1440. The summed E-state index contributed by atoms with van der Waals surface area (Å²) < 4.78 is 6.44. The topological polar surface area (TPSA) is 80.7 Å². The second-order valence-electron chi connectivity index (χ2n) is 15.9. The predicted molar refractivity (Wildman–Crippen MR) is 174 cm³/mol. The normalized spacial score (nSPS) is 36.5. The largest absolute Gasteiger partial charge is 0.368 e.